The summed E-state index contributed by atoms with van der Waals surface area (Å²) in [4.78, 5) is 57.7. The summed E-state index contributed by atoms with van der Waals surface area (Å²) >= 11 is 0. The maximum absolute atomic E-state index is 9.64. The lowest BCUT2D eigenvalue weighted by Gasteiger charge is -1.85. The van der Waals surface area contributed by atoms with Gasteiger partial charge in [0.2, 0.25) is 0 Å². The zero-order chi connectivity index (χ0) is 19.7. The molecule has 0 unspecified atom stereocenters. The molecule has 0 aliphatic rings. The van der Waals surface area contributed by atoms with Crippen LogP contribution in [0, 0.1) is 0 Å². The number of carboxylic acids is 6. The van der Waals surface area contributed by atoms with Gasteiger partial charge < -0.3 is 30.6 Å². The van der Waals surface area contributed by atoms with Crippen LogP contribution in [0.4, 0.5) is 0 Å². The summed E-state index contributed by atoms with van der Waals surface area (Å²) in [5, 5.41) is 47.2. The first-order valence-corrected chi connectivity index (χ1v) is 5.89. The molecule has 0 heterocycles. The van der Waals surface area contributed by atoms with Crippen molar-refractivity contribution < 1.29 is 59.4 Å². The Labute approximate surface area is 134 Å². The highest BCUT2D eigenvalue weighted by Gasteiger charge is 2.01. The van der Waals surface area contributed by atoms with E-state index in [9.17, 15) is 28.8 Å². The van der Waals surface area contributed by atoms with E-state index in [1.54, 1.807) is 0 Å². The Morgan fingerprint density at radius 2 is 0.625 bits per heavy atom. The van der Waals surface area contributed by atoms with E-state index in [0.717, 1.165) is 0 Å². The van der Waals surface area contributed by atoms with Crippen molar-refractivity contribution in [1.29, 1.82) is 0 Å². The van der Waals surface area contributed by atoms with Crippen molar-refractivity contribution in [3.8, 4) is 0 Å². The number of aliphatic carboxylic acids is 6. The standard InChI is InChI=1S/2C4H6O4.C4H4O4/c3*5-3(6)1-2-4(7)8/h2*1-2H2,(H,5,6)(H,7,8);1-2H,(H,5,6)(H,7,8)/b;;2-1+. The quantitative estimate of drug-likeness (QED) is 0.306. The van der Waals surface area contributed by atoms with Crippen molar-refractivity contribution in [1.82, 2.24) is 0 Å². The van der Waals surface area contributed by atoms with Gasteiger partial charge in [-0.25, -0.2) is 9.59 Å². The van der Waals surface area contributed by atoms with Gasteiger partial charge in [-0.05, 0) is 0 Å². The summed E-state index contributed by atoms with van der Waals surface area (Å²) in [6, 6.07) is 0. The highest BCUT2D eigenvalue weighted by Crippen LogP contribution is 1.86. The third kappa shape index (κ3) is 42.8. The van der Waals surface area contributed by atoms with Crippen LogP contribution in [0.5, 0.6) is 0 Å². The zero-order valence-electron chi connectivity index (χ0n) is 12.1. The third-order valence-corrected chi connectivity index (χ3v) is 1.47. The highest BCUT2D eigenvalue weighted by molar-refractivity contribution is 5.89. The largest absolute Gasteiger partial charge is 0.481 e. The number of rotatable bonds is 8. The molecule has 24 heavy (non-hydrogen) atoms. The van der Waals surface area contributed by atoms with Gasteiger partial charge in [0, 0.05) is 12.2 Å². The molecule has 0 amide bonds. The van der Waals surface area contributed by atoms with Crippen molar-refractivity contribution in [2.75, 3.05) is 0 Å². The Morgan fingerprint density at radius 1 is 0.458 bits per heavy atom. The molecule has 0 atom stereocenters. The van der Waals surface area contributed by atoms with Crippen LogP contribution in [-0.2, 0) is 28.8 Å². The molecule has 0 fully saturated rings. The summed E-state index contributed by atoms with van der Waals surface area (Å²) < 4.78 is 0. The van der Waals surface area contributed by atoms with E-state index >= 15 is 0 Å². The highest BCUT2D eigenvalue weighted by atomic mass is 16.4. The predicted molar refractivity (Wildman–Crippen MR) is 73.4 cm³/mol. The van der Waals surface area contributed by atoms with Crippen molar-refractivity contribution >= 4 is 35.8 Å². The molecule has 0 radical (unpaired) electrons. The molecule has 0 spiro atoms. The van der Waals surface area contributed by atoms with Gasteiger partial charge in [0.25, 0.3) is 0 Å². The molecule has 0 saturated carbocycles. The first-order valence-electron chi connectivity index (χ1n) is 5.89. The Bertz CT molecular complexity index is 418. The van der Waals surface area contributed by atoms with E-state index in [2.05, 4.69) is 0 Å². The van der Waals surface area contributed by atoms with E-state index < -0.39 is 35.8 Å². The second kappa shape index (κ2) is 15.9. The van der Waals surface area contributed by atoms with Crippen molar-refractivity contribution in [2.45, 2.75) is 25.7 Å². The van der Waals surface area contributed by atoms with E-state index in [4.69, 9.17) is 30.6 Å². The lowest BCUT2D eigenvalue weighted by atomic mass is 10.3. The van der Waals surface area contributed by atoms with Gasteiger partial charge in [0.05, 0.1) is 25.7 Å². The summed E-state index contributed by atoms with van der Waals surface area (Å²) in [7, 11) is 0. The normalized spacial score (nSPS) is 8.83. The molecule has 12 nitrogen and oxygen atoms in total. The van der Waals surface area contributed by atoms with E-state index in [1.807, 2.05) is 0 Å². The molecule has 0 aromatic rings. The fraction of sp³-hybridized carbons (Fsp3) is 0.333. The van der Waals surface area contributed by atoms with Crippen LogP contribution in [0.2, 0.25) is 0 Å². The van der Waals surface area contributed by atoms with Crippen molar-refractivity contribution in [3.05, 3.63) is 12.2 Å². The molecular formula is C12H16O12. The number of hydrogen-bond donors (Lipinski definition) is 6. The molecular weight excluding hydrogens is 336 g/mol. The lowest BCUT2D eigenvalue weighted by Crippen LogP contribution is -2.00. The number of hydrogen-bond acceptors (Lipinski definition) is 6. The second-order valence-corrected chi connectivity index (χ2v) is 3.58. The van der Waals surface area contributed by atoms with Gasteiger partial charge >= 0.3 is 35.8 Å². The SMILES string of the molecule is O=C(O)/C=C/C(=O)O.O=C(O)CCC(=O)O.O=C(O)CCC(=O)O. The minimum atomic E-state index is -1.26. The molecule has 0 aromatic heterocycles. The molecule has 136 valence electrons. The van der Waals surface area contributed by atoms with Crippen LogP contribution < -0.4 is 0 Å². The van der Waals surface area contributed by atoms with Gasteiger partial charge in [-0.1, -0.05) is 0 Å². The Morgan fingerprint density at radius 3 is 0.708 bits per heavy atom. The molecule has 0 rings (SSSR count). The van der Waals surface area contributed by atoms with Crippen LogP contribution >= 0.6 is 0 Å². The lowest BCUT2D eigenvalue weighted by molar-refractivity contribution is -0.143. The average molecular weight is 352 g/mol. The first kappa shape index (κ1) is 25.5. The van der Waals surface area contributed by atoms with Crippen LogP contribution in [0.25, 0.3) is 0 Å². The number of carboxylic acid groups (broad SMARTS) is 6. The Balaban J connectivity index is -0.000000276. The first-order chi connectivity index (χ1) is 10.9. The molecule has 0 aromatic carbocycles. The predicted octanol–water partition coefficient (Wildman–Crippen LogP) is -0.417. The third-order valence-electron chi connectivity index (χ3n) is 1.47. The molecule has 12 heteroatoms. The van der Waals surface area contributed by atoms with Crippen molar-refractivity contribution in [3.63, 3.8) is 0 Å². The van der Waals surface area contributed by atoms with Crippen LogP contribution in [0.1, 0.15) is 25.7 Å². The Hall–Kier alpha value is -3.44. The molecule has 6 N–H and O–H groups in total. The minimum Gasteiger partial charge on any atom is -0.481 e. The van der Waals surface area contributed by atoms with Gasteiger partial charge in [-0.15, -0.1) is 0 Å². The summed E-state index contributed by atoms with van der Waals surface area (Å²) in [6.45, 7) is 0. The van der Waals surface area contributed by atoms with Gasteiger partial charge in [-0.3, -0.25) is 19.2 Å². The fourth-order valence-electron chi connectivity index (χ4n) is 0.570. The topological polar surface area (TPSA) is 224 Å². The van der Waals surface area contributed by atoms with Gasteiger partial charge in [0.15, 0.2) is 0 Å². The van der Waals surface area contributed by atoms with Gasteiger partial charge in [0.1, 0.15) is 0 Å². The summed E-state index contributed by atoms with van der Waals surface area (Å²) in [5.41, 5.74) is 0. The van der Waals surface area contributed by atoms with E-state index in [0.29, 0.717) is 12.2 Å². The zero-order valence-corrected chi connectivity index (χ0v) is 12.1. The van der Waals surface area contributed by atoms with Crippen LogP contribution in [-0.4, -0.2) is 66.5 Å². The maximum Gasteiger partial charge on any atom is 0.328 e. The molecule has 0 bridgehead atoms. The smallest absolute Gasteiger partial charge is 0.328 e. The molecule has 0 saturated heterocycles. The Kier molecular flexibility index (Phi) is 16.9. The molecule has 0 aliphatic carbocycles. The maximum atomic E-state index is 9.64. The van der Waals surface area contributed by atoms with E-state index in [-0.39, 0.29) is 25.7 Å². The van der Waals surface area contributed by atoms with Crippen LogP contribution in [0.15, 0.2) is 12.2 Å². The van der Waals surface area contributed by atoms with E-state index in [1.165, 1.54) is 0 Å². The van der Waals surface area contributed by atoms with Crippen molar-refractivity contribution in [2.24, 2.45) is 0 Å². The molecule has 0 aliphatic heterocycles. The minimum absolute atomic E-state index is 0.296. The van der Waals surface area contributed by atoms with Gasteiger partial charge in [-0.2, -0.15) is 0 Å². The average Bonchev–Trinajstić information content (AvgIpc) is 2.42. The second-order valence-electron chi connectivity index (χ2n) is 3.58. The fourth-order valence-corrected chi connectivity index (χ4v) is 0.570. The monoisotopic (exact) mass is 352 g/mol. The van der Waals surface area contributed by atoms with Crippen LogP contribution in [0.3, 0.4) is 0 Å². The summed E-state index contributed by atoms with van der Waals surface area (Å²) in [5.74, 6) is -6.82. The number of carbonyl (C=O) groups is 6. The summed E-state index contributed by atoms with van der Waals surface area (Å²) in [6.07, 6.45) is -0.0694.